The molecule has 0 aliphatic carbocycles. The zero-order chi connectivity index (χ0) is 18.3. The highest BCUT2D eigenvalue weighted by molar-refractivity contribution is 5.86. The molecule has 0 aromatic heterocycles. The molecule has 1 amide bonds. The van der Waals surface area contributed by atoms with Crippen LogP contribution in [0.1, 0.15) is 51.9 Å². The number of rotatable bonds is 13. The van der Waals surface area contributed by atoms with Gasteiger partial charge in [0.1, 0.15) is 18.9 Å². The molecule has 6 heteroatoms. The minimum atomic E-state index is -0.437. The van der Waals surface area contributed by atoms with Crippen LogP contribution in [0.25, 0.3) is 0 Å². The summed E-state index contributed by atoms with van der Waals surface area (Å²) >= 11 is 0. The second kappa shape index (κ2) is 15.8. The van der Waals surface area contributed by atoms with E-state index in [0.29, 0.717) is 24.7 Å². The number of halogens is 1. The molecule has 0 saturated carbocycles. The van der Waals surface area contributed by atoms with E-state index in [1.165, 1.54) is 43.4 Å². The topological polar surface area (TPSA) is 52.0 Å². The fourth-order valence-corrected chi connectivity index (χ4v) is 2.43. The molecule has 0 radical (unpaired) electrons. The molecule has 150 valence electrons. The molecule has 1 aromatic carbocycles. The van der Waals surface area contributed by atoms with Gasteiger partial charge in [-0.05, 0) is 18.6 Å². The van der Waals surface area contributed by atoms with Crippen LogP contribution in [-0.2, 0) is 4.74 Å². The van der Waals surface area contributed by atoms with Crippen molar-refractivity contribution in [3.05, 3.63) is 24.3 Å². The molecule has 0 fully saturated rings. The zero-order valence-corrected chi connectivity index (χ0v) is 17.2. The Balaban J connectivity index is 0.00000625. The Kier molecular flexibility index (Phi) is 14.9. The van der Waals surface area contributed by atoms with Crippen molar-refractivity contribution in [2.24, 2.45) is 0 Å². The van der Waals surface area contributed by atoms with Crippen molar-refractivity contribution in [2.45, 2.75) is 51.9 Å². The lowest BCUT2D eigenvalue weighted by Gasteiger charge is -2.13. The summed E-state index contributed by atoms with van der Waals surface area (Å²) in [5.74, 6) is 0.698. The largest absolute Gasteiger partial charge is 1.00 e. The van der Waals surface area contributed by atoms with E-state index in [0.717, 1.165) is 13.0 Å². The number of likely N-dealkylation sites (N-methyl/N-ethyl adjacent to an activating group) is 1. The number of carbonyl (C=O) groups is 1. The molecule has 5 nitrogen and oxygen atoms in total. The van der Waals surface area contributed by atoms with Gasteiger partial charge >= 0.3 is 6.09 Å². The summed E-state index contributed by atoms with van der Waals surface area (Å²) in [6.07, 6.45) is 8.32. The third kappa shape index (κ3) is 12.0. The Morgan fingerprint density at radius 2 is 1.65 bits per heavy atom. The fourth-order valence-electron chi connectivity index (χ4n) is 2.43. The average Bonchev–Trinajstić information content (AvgIpc) is 2.58. The lowest BCUT2D eigenvalue weighted by atomic mass is 10.1. The maximum atomic E-state index is 11.8. The number of carbonyl (C=O) groups excluding carboxylic acids is 1. The number of nitrogens with one attached hydrogen (secondary N) is 2. The third-order valence-electron chi connectivity index (χ3n) is 3.96. The number of quaternary nitrogens is 1. The van der Waals surface area contributed by atoms with Crippen LogP contribution in [0, 0.1) is 0 Å². The number of ether oxygens (including phenoxy) is 2. The average molecular weight is 387 g/mol. The Morgan fingerprint density at radius 1 is 1.00 bits per heavy atom. The number of benzene rings is 1. The predicted molar refractivity (Wildman–Crippen MR) is 103 cm³/mol. The van der Waals surface area contributed by atoms with E-state index in [2.05, 4.69) is 12.2 Å². The van der Waals surface area contributed by atoms with Crippen molar-refractivity contribution in [3.63, 3.8) is 0 Å². The van der Waals surface area contributed by atoms with E-state index in [1.807, 2.05) is 38.4 Å². The van der Waals surface area contributed by atoms with Crippen LogP contribution in [0.5, 0.6) is 5.75 Å². The highest BCUT2D eigenvalue weighted by Crippen LogP contribution is 2.24. The number of amides is 1. The summed E-state index contributed by atoms with van der Waals surface area (Å²) in [6, 6.07) is 7.49. The Hall–Kier alpha value is -1.46. The van der Waals surface area contributed by atoms with E-state index >= 15 is 0 Å². The van der Waals surface area contributed by atoms with Crippen LogP contribution in [0.4, 0.5) is 10.5 Å². The van der Waals surface area contributed by atoms with Gasteiger partial charge in [0.05, 0.1) is 26.4 Å². The molecule has 0 aliphatic rings. The summed E-state index contributed by atoms with van der Waals surface area (Å²) in [5.41, 5.74) is 0.660. The molecule has 1 aromatic rings. The molecule has 0 atom stereocenters. The molecule has 0 aliphatic heterocycles. The van der Waals surface area contributed by atoms with Crippen molar-refractivity contribution in [3.8, 4) is 5.75 Å². The SMILES string of the molecule is CCCCCCCCCOc1ccccc1NC(=O)OCC[NH+](C)C.[Cl-]. The molecule has 1 rings (SSSR count). The second-order valence-corrected chi connectivity index (χ2v) is 6.68. The van der Waals surface area contributed by atoms with Crippen molar-refractivity contribution < 1.29 is 31.6 Å². The maximum absolute atomic E-state index is 11.8. The van der Waals surface area contributed by atoms with Crippen LogP contribution < -0.4 is 27.4 Å². The van der Waals surface area contributed by atoms with Crippen LogP contribution in [0.2, 0.25) is 0 Å². The van der Waals surface area contributed by atoms with Gasteiger partial charge in [0.2, 0.25) is 0 Å². The first kappa shape index (κ1) is 24.5. The fraction of sp³-hybridized carbons (Fsp3) is 0.650. The molecule has 0 heterocycles. The van der Waals surface area contributed by atoms with Crippen LogP contribution in [-0.4, -0.2) is 39.9 Å². The third-order valence-corrected chi connectivity index (χ3v) is 3.96. The molecule has 26 heavy (non-hydrogen) atoms. The van der Waals surface area contributed by atoms with E-state index in [-0.39, 0.29) is 12.4 Å². The minimum Gasteiger partial charge on any atom is -1.00 e. The van der Waals surface area contributed by atoms with Gasteiger partial charge in [-0.15, -0.1) is 0 Å². The summed E-state index contributed by atoms with van der Waals surface area (Å²) in [5, 5.41) is 2.76. The van der Waals surface area contributed by atoms with Gasteiger partial charge in [-0.2, -0.15) is 0 Å². The molecular weight excluding hydrogens is 352 g/mol. The summed E-state index contributed by atoms with van der Waals surface area (Å²) < 4.78 is 11.0. The normalized spacial score (nSPS) is 10.3. The molecular formula is C20H35ClN2O3. The highest BCUT2D eigenvalue weighted by atomic mass is 35.5. The monoisotopic (exact) mass is 386 g/mol. The Bertz CT molecular complexity index is 484. The van der Waals surface area contributed by atoms with Gasteiger partial charge in [-0.1, -0.05) is 57.6 Å². The summed E-state index contributed by atoms with van der Waals surface area (Å²) in [6.45, 7) is 4.09. The highest BCUT2D eigenvalue weighted by Gasteiger charge is 2.09. The zero-order valence-electron chi connectivity index (χ0n) is 16.5. The van der Waals surface area contributed by atoms with Gasteiger partial charge in [0, 0.05) is 0 Å². The maximum Gasteiger partial charge on any atom is 0.411 e. The van der Waals surface area contributed by atoms with Gasteiger partial charge < -0.3 is 26.8 Å². The number of anilines is 1. The van der Waals surface area contributed by atoms with Crippen molar-refractivity contribution >= 4 is 11.8 Å². The van der Waals surface area contributed by atoms with Gasteiger partial charge in [-0.25, -0.2) is 4.79 Å². The smallest absolute Gasteiger partial charge is 0.411 e. The summed E-state index contributed by atoms with van der Waals surface area (Å²) in [4.78, 5) is 13.1. The first-order chi connectivity index (χ1) is 12.1. The van der Waals surface area contributed by atoms with Crippen LogP contribution in [0.15, 0.2) is 24.3 Å². The Morgan fingerprint density at radius 3 is 2.35 bits per heavy atom. The van der Waals surface area contributed by atoms with E-state index in [4.69, 9.17) is 9.47 Å². The molecule has 0 saturated heterocycles. The van der Waals surface area contributed by atoms with Crippen molar-refractivity contribution in [1.82, 2.24) is 0 Å². The molecule has 0 spiro atoms. The molecule has 0 bridgehead atoms. The molecule has 0 unspecified atom stereocenters. The lowest BCUT2D eigenvalue weighted by molar-refractivity contribution is -0.858. The number of unbranched alkanes of at least 4 members (excludes halogenated alkanes) is 6. The van der Waals surface area contributed by atoms with Crippen molar-refractivity contribution in [2.75, 3.05) is 39.2 Å². The number of para-hydroxylation sites is 2. The van der Waals surface area contributed by atoms with Gasteiger partial charge in [0.25, 0.3) is 0 Å². The van der Waals surface area contributed by atoms with Crippen LogP contribution >= 0.6 is 0 Å². The standard InChI is InChI=1S/C20H34N2O3.ClH/c1-4-5-6-7-8-9-12-16-24-19-14-11-10-13-18(19)21-20(23)25-17-15-22(2)3;/h10-11,13-14H,4-9,12,15-17H2,1-3H3,(H,21,23);1H. The second-order valence-electron chi connectivity index (χ2n) is 6.68. The predicted octanol–water partition coefficient (Wildman–Crippen LogP) is 0.513. The quantitative estimate of drug-likeness (QED) is 0.486. The molecule has 2 N–H and O–H groups in total. The first-order valence-corrected chi connectivity index (χ1v) is 9.58. The van der Waals surface area contributed by atoms with Gasteiger partial charge in [0.15, 0.2) is 0 Å². The first-order valence-electron chi connectivity index (χ1n) is 9.58. The number of hydrogen-bond acceptors (Lipinski definition) is 3. The van der Waals surface area contributed by atoms with E-state index < -0.39 is 6.09 Å². The van der Waals surface area contributed by atoms with E-state index in [1.54, 1.807) is 0 Å². The minimum absolute atomic E-state index is 0. The number of hydrogen-bond donors (Lipinski definition) is 2. The van der Waals surface area contributed by atoms with Crippen LogP contribution in [0.3, 0.4) is 0 Å². The van der Waals surface area contributed by atoms with Crippen molar-refractivity contribution in [1.29, 1.82) is 0 Å². The summed E-state index contributed by atoms with van der Waals surface area (Å²) in [7, 11) is 4.04. The van der Waals surface area contributed by atoms with E-state index in [9.17, 15) is 4.79 Å². The Labute approximate surface area is 164 Å². The lowest BCUT2D eigenvalue weighted by Crippen LogP contribution is -3.06. The van der Waals surface area contributed by atoms with Gasteiger partial charge in [-0.3, -0.25) is 5.32 Å².